The zero-order valence-electron chi connectivity index (χ0n) is 15.1. The lowest BCUT2D eigenvalue weighted by molar-refractivity contribution is -0.134. The number of nitrogens with zero attached hydrogens (tertiary/aromatic N) is 3. The van der Waals surface area contributed by atoms with Gasteiger partial charge >= 0.3 is 0 Å². The number of likely N-dealkylation sites (N-methyl/N-ethyl adjacent to an activating group) is 1. The number of aryl methyl sites for hydroxylation is 1. The Balaban J connectivity index is 1.52. The van der Waals surface area contributed by atoms with E-state index in [9.17, 15) is 9.18 Å². The SMILES string of the molecule is Cc1cc(CN2C[C@@H](F)C[C@H]2CN(C)C(=O)C[C@H]2CCCCO2)on1. The van der Waals surface area contributed by atoms with E-state index in [4.69, 9.17) is 9.26 Å². The summed E-state index contributed by atoms with van der Waals surface area (Å²) in [6.07, 6.45) is 3.20. The Morgan fingerprint density at radius 3 is 3.00 bits per heavy atom. The van der Waals surface area contributed by atoms with Gasteiger partial charge in [0.15, 0.2) is 5.76 Å². The van der Waals surface area contributed by atoms with Crippen LogP contribution < -0.4 is 0 Å². The zero-order valence-corrected chi connectivity index (χ0v) is 15.1. The molecule has 2 aliphatic heterocycles. The van der Waals surface area contributed by atoms with Crippen LogP contribution in [0.5, 0.6) is 0 Å². The van der Waals surface area contributed by atoms with Gasteiger partial charge in [-0.3, -0.25) is 9.69 Å². The normalized spacial score (nSPS) is 27.6. The van der Waals surface area contributed by atoms with E-state index in [0.29, 0.717) is 32.5 Å². The molecule has 1 aromatic heterocycles. The predicted molar refractivity (Wildman–Crippen MR) is 90.8 cm³/mol. The van der Waals surface area contributed by atoms with Crippen molar-refractivity contribution in [3.63, 3.8) is 0 Å². The minimum Gasteiger partial charge on any atom is -0.378 e. The van der Waals surface area contributed by atoms with Crippen molar-refractivity contribution in [3.05, 3.63) is 17.5 Å². The van der Waals surface area contributed by atoms with Gasteiger partial charge < -0.3 is 14.2 Å². The summed E-state index contributed by atoms with van der Waals surface area (Å²) in [5.74, 6) is 0.811. The van der Waals surface area contributed by atoms with Crippen LogP contribution in [-0.2, 0) is 16.1 Å². The summed E-state index contributed by atoms with van der Waals surface area (Å²) >= 11 is 0. The minimum atomic E-state index is -0.862. The molecule has 0 spiro atoms. The number of alkyl halides is 1. The van der Waals surface area contributed by atoms with Gasteiger partial charge in [0.1, 0.15) is 6.17 Å². The monoisotopic (exact) mass is 353 g/mol. The molecule has 25 heavy (non-hydrogen) atoms. The maximum atomic E-state index is 13.9. The number of carbonyl (C=O) groups is 1. The summed E-state index contributed by atoms with van der Waals surface area (Å²) in [7, 11) is 1.80. The van der Waals surface area contributed by atoms with Crippen molar-refractivity contribution in [1.29, 1.82) is 0 Å². The highest BCUT2D eigenvalue weighted by Crippen LogP contribution is 2.24. The van der Waals surface area contributed by atoms with Crippen molar-refractivity contribution in [2.75, 3.05) is 26.7 Å². The van der Waals surface area contributed by atoms with Crippen LogP contribution in [0.4, 0.5) is 4.39 Å². The highest BCUT2D eigenvalue weighted by molar-refractivity contribution is 5.76. The predicted octanol–water partition coefficient (Wildman–Crippen LogP) is 2.31. The third kappa shape index (κ3) is 5.01. The molecule has 3 heterocycles. The molecule has 0 bridgehead atoms. The smallest absolute Gasteiger partial charge is 0.224 e. The molecule has 0 unspecified atom stereocenters. The highest BCUT2D eigenvalue weighted by atomic mass is 19.1. The van der Waals surface area contributed by atoms with Crippen molar-refractivity contribution >= 4 is 5.91 Å². The molecule has 1 aromatic rings. The number of aromatic nitrogens is 1. The maximum Gasteiger partial charge on any atom is 0.224 e. The van der Waals surface area contributed by atoms with Crippen LogP contribution in [-0.4, -0.2) is 65.9 Å². The van der Waals surface area contributed by atoms with E-state index >= 15 is 0 Å². The molecule has 1 amide bonds. The minimum absolute atomic E-state index is 0.00151. The van der Waals surface area contributed by atoms with E-state index in [0.717, 1.165) is 37.3 Å². The standard InChI is InChI=1S/C18H28FN3O3/c1-13-7-17(25-20-13)12-22-10-14(19)8-15(22)11-21(2)18(23)9-16-5-3-4-6-24-16/h7,14-16H,3-6,8-12H2,1-2H3/t14-,15-,16+/m0/s1. The van der Waals surface area contributed by atoms with Gasteiger partial charge in [-0.15, -0.1) is 0 Å². The second-order valence-corrected chi connectivity index (χ2v) is 7.32. The highest BCUT2D eigenvalue weighted by Gasteiger charge is 2.34. The summed E-state index contributed by atoms with van der Waals surface area (Å²) in [5.41, 5.74) is 0.822. The van der Waals surface area contributed by atoms with E-state index in [2.05, 4.69) is 5.16 Å². The van der Waals surface area contributed by atoms with Crippen LogP contribution in [0.2, 0.25) is 0 Å². The van der Waals surface area contributed by atoms with Gasteiger partial charge in [0, 0.05) is 38.9 Å². The number of halogens is 1. The van der Waals surface area contributed by atoms with Gasteiger partial charge in [0.2, 0.25) is 5.91 Å². The number of hydrogen-bond donors (Lipinski definition) is 0. The number of rotatable bonds is 6. The Kier molecular flexibility index (Phi) is 6.06. The first-order valence-corrected chi connectivity index (χ1v) is 9.17. The number of hydrogen-bond acceptors (Lipinski definition) is 5. The van der Waals surface area contributed by atoms with E-state index in [1.54, 1.807) is 11.9 Å². The summed E-state index contributed by atoms with van der Waals surface area (Å²) < 4.78 is 24.8. The maximum absolute atomic E-state index is 13.9. The second kappa shape index (κ2) is 8.27. The van der Waals surface area contributed by atoms with Crippen molar-refractivity contribution in [2.24, 2.45) is 0 Å². The van der Waals surface area contributed by atoms with E-state index < -0.39 is 6.17 Å². The molecule has 7 heteroatoms. The Morgan fingerprint density at radius 2 is 2.32 bits per heavy atom. The summed E-state index contributed by atoms with van der Waals surface area (Å²) in [6, 6.07) is 1.87. The van der Waals surface area contributed by atoms with Gasteiger partial charge in [-0.25, -0.2) is 4.39 Å². The lowest BCUT2D eigenvalue weighted by Gasteiger charge is -2.29. The largest absolute Gasteiger partial charge is 0.378 e. The molecule has 140 valence electrons. The van der Waals surface area contributed by atoms with Crippen molar-refractivity contribution in [2.45, 2.75) is 63.9 Å². The fourth-order valence-electron chi connectivity index (χ4n) is 3.73. The quantitative estimate of drug-likeness (QED) is 0.785. The van der Waals surface area contributed by atoms with Gasteiger partial charge in [-0.2, -0.15) is 0 Å². The Morgan fingerprint density at radius 1 is 1.48 bits per heavy atom. The average molecular weight is 353 g/mol. The van der Waals surface area contributed by atoms with E-state index in [1.807, 2.05) is 17.9 Å². The molecule has 2 aliphatic rings. The molecule has 0 saturated carbocycles. The molecule has 0 radical (unpaired) electrons. The lowest BCUT2D eigenvalue weighted by Crippen LogP contribution is -2.42. The number of ether oxygens (including phenoxy) is 1. The van der Waals surface area contributed by atoms with Crippen LogP contribution in [0.25, 0.3) is 0 Å². The van der Waals surface area contributed by atoms with Crippen molar-refractivity contribution < 1.29 is 18.4 Å². The fourth-order valence-corrected chi connectivity index (χ4v) is 3.73. The molecule has 3 rings (SSSR count). The van der Waals surface area contributed by atoms with E-state index in [-0.39, 0.29) is 18.1 Å². The third-order valence-electron chi connectivity index (χ3n) is 5.10. The molecule has 0 aromatic carbocycles. The third-order valence-corrected chi connectivity index (χ3v) is 5.10. The number of amides is 1. The summed E-state index contributed by atoms with van der Waals surface area (Å²) in [4.78, 5) is 16.2. The molecule has 3 atom stereocenters. The lowest BCUT2D eigenvalue weighted by atomic mass is 10.1. The second-order valence-electron chi connectivity index (χ2n) is 7.32. The Labute approximate surface area is 148 Å². The van der Waals surface area contributed by atoms with Crippen LogP contribution in [0, 0.1) is 6.92 Å². The first-order chi connectivity index (χ1) is 12.0. The molecular weight excluding hydrogens is 325 g/mol. The van der Waals surface area contributed by atoms with Gasteiger partial charge in [-0.05, 0) is 32.6 Å². The summed E-state index contributed by atoms with van der Waals surface area (Å²) in [5, 5.41) is 3.88. The Hall–Kier alpha value is -1.47. The van der Waals surface area contributed by atoms with Crippen LogP contribution in [0.15, 0.2) is 10.6 Å². The topological polar surface area (TPSA) is 58.8 Å². The molecular formula is C18H28FN3O3. The molecule has 2 fully saturated rings. The number of carbonyl (C=O) groups excluding carboxylic acids is 1. The van der Waals surface area contributed by atoms with Crippen molar-refractivity contribution in [3.8, 4) is 0 Å². The molecule has 6 nitrogen and oxygen atoms in total. The Bertz CT molecular complexity index is 574. The van der Waals surface area contributed by atoms with E-state index in [1.165, 1.54) is 0 Å². The molecule has 0 N–H and O–H groups in total. The van der Waals surface area contributed by atoms with Crippen LogP contribution >= 0.6 is 0 Å². The summed E-state index contributed by atoms with van der Waals surface area (Å²) in [6.45, 7) is 4.04. The first-order valence-electron chi connectivity index (χ1n) is 9.17. The van der Waals surface area contributed by atoms with Crippen LogP contribution in [0.3, 0.4) is 0 Å². The van der Waals surface area contributed by atoms with Gasteiger partial charge in [0.05, 0.1) is 24.8 Å². The number of likely N-dealkylation sites (tertiary alicyclic amines) is 1. The molecule has 0 aliphatic carbocycles. The fraction of sp³-hybridized carbons (Fsp3) is 0.778. The van der Waals surface area contributed by atoms with Gasteiger partial charge in [-0.1, -0.05) is 5.16 Å². The average Bonchev–Trinajstić information content (AvgIpc) is 3.14. The van der Waals surface area contributed by atoms with Crippen molar-refractivity contribution in [1.82, 2.24) is 15.0 Å². The zero-order chi connectivity index (χ0) is 17.8. The van der Waals surface area contributed by atoms with Crippen LogP contribution in [0.1, 0.15) is 43.6 Å². The molecule has 2 saturated heterocycles. The first kappa shape index (κ1) is 18.3. The van der Waals surface area contributed by atoms with Gasteiger partial charge in [0.25, 0.3) is 0 Å².